The van der Waals surface area contributed by atoms with E-state index in [-0.39, 0.29) is 22.8 Å². The van der Waals surface area contributed by atoms with Crippen molar-refractivity contribution >= 4 is 21.8 Å². The van der Waals surface area contributed by atoms with E-state index in [9.17, 15) is 4.79 Å². The molecule has 0 saturated carbocycles. The molecule has 1 amide bonds. The Hall–Kier alpha value is -0.0900. The maximum absolute atomic E-state index is 11.3. The Labute approximate surface area is 94.4 Å². The third-order valence-electron chi connectivity index (χ3n) is 2.11. The molecule has 0 heterocycles. The molecule has 0 rings (SSSR count). The van der Waals surface area contributed by atoms with Gasteiger partial charge in [0.25, 0.3) is 0 Å². The second-order valence-corrected chi connectivity index (χ2v) is 5.70. The Bertz CT molecular complexity index is 181. The molecule has 4 heteroatoms. The smallest absolute Gasteiger partial charge is 0.233 e. The van der Waals surface area contributed by atoms with Crippen LogP contribution in [0, 0.1) is 5.41 Å². The van der Waals surface area contributed by atoms with E-state index in [4.69, 9.17) is 5.11 Å². The van der Waals surface area contributed by atoms with Gasteiger partial charge in [0.1, 0.15) is 0 Å². The zero-order valence-electron chi connectivity index (χ0n) is 9.14. The van der Waals surface area contributed by atoms with Crippen LogP contribution in [0.15, 0.2) is 0 Å². The van der Waals surface area contributed by atoms with Crippen molar-refractivity contribution in [3.8, 4) is 0 Å². The summed E-state index contributed by atoms with van der Waals surface area (Å²) in [6.45, 7) is 6.84. The van der Waals surface area contributed by atoms with E-state index >= 15 is 0 Å². The number of alkyl halides is 1. The molecule has 0 bridgehead atoms. The van der Waals surface area contributed by atoms with E-state index < -0.39 is 0 Å². The number of rotatable bonds is 6. The van der Waals surface area contributed by atoms with E-state index in [1.54, 1.807) is 6.92 Å². The van der Waals surface area contributed by atoms with Crippen LogP contribution >= 0.6 is 15.9 Å². The van der Waals surface area contributed by atoms with Gasteiger partial charge in [-0.25, -0.2) is 0 Å². The van der Waals surface area contributed by atoms with E-state index in [0.717, 1.165) is 12.8 Å². The molecular weight excluding hydrogens is 246 g/mol. The molecule has 0 aliphatic heterocycles. The molecule has 0 aromatic rings. The Morgan fingerprint density at radius 3 is 2.57 bits per heavy atom. The van der Waals surface area contributed by atoms with Crippen molar-refractivity contribution in [2.75, 3.05) is 13.2 Å². The van der Waals surface area contributed by atoms with Crippen LogP contribution in [0.1, 0.15) is 33.6 Å². The molecule has 14 heavy (non-hydrogen) atoms. The van der Waals surface area contributed by atoms with Gasteiger partial charge in [0, 0.05) is 13.2 Å². The molecule has 0 aliphatic carbocycles. The van der Waals surface area contributed by atoms with Crippen molar-refractivity contribution in [2.24, 2.45) is 5.41 Å². The van der Waals surface area contributed by atoms with Crippen molar-refractivity contribution in [3.63, 3.8) is 0 Å². The molecule has 0 fully saturated rings. The van der Waals surface area contributed by atoms with Gasteiger partial charge >= 0.3 is 0 Å². The second-order valence-electron chi connectivity index (χ2n) is 4.33. The zero-order valence-corrected chi connectivity index (χ0v) is 10.7. The number of aliphatic hydroxyl groups excluding tert-OH is 1. The summed E-state index contributed by atoms with van der Waals surface area (Å²) in [5.41, 5.74) is 0.0558. The van der Waals surface area contributed by atoms with Gasteiger partial charge in [0.15, 0.2) is 0 Å². The van der Waals surface area contributed by atoms with Crippen LogP contribution < -0.4 is 5.32 Å². The fraction of sp³-hybridized carbons (Fsp3) is 0.900. The molecule has 0 aromatic heterocycles. The number of carbonyl (C=O) groups excluding carboxylic acids is 1. The van der Waals surface area contributed by atoms with Crippen LogP contribution in [-0.2, 0) is 4.79 Å². The summed E-state index contributed by atoms with van der Waals surface area (Å²) in [6, 6.07) is 0. The highest BCUT2D eigenvalue weighted by Crippen LogP contribution is 2.20. The first-order chi connectivity index (χ1) is 6.39. The fourth-order valence-corrected chi connectivity index (χ4v) is 1.27. The van der Waals surface area contributed by atoms with Gasteiger partial charge in [-0.05, 0) is 25.2 Å². The Balaban J connectivity index is 3.80. The fourth-order valence-electron chi connectivity index (χ4n) is 1.11. The lowest BCUT2D eigenvalue weighted by atomic mass is 9.88. The lowest BCUT2D eigenvalue weighted by Crippen LogP contribution is -2.37. The van der Waals surface area contributed by atoms with Crippen molar-refractivity contribution in [1.29, 1.82) is 0 Å². The Kier molecular flexibility index (Phi) is 6.36. The van der Waals surface area contributed by atoms with Crippen LogP contribution in [-0.4, -0.2) is 29.0 Å². The van der Waals surface area contributed by atoms with Crippen LogP contribution in [0.2, 0.25) is 0 Å². The van der Waals surface area contributed by atoms with Crippen molar-refractivity contribution in [2.45, 2.75) is 38.4 Å². The third-order valence-corrected chi connectivity index (χ3v) is 2.53. The summed E-state index contributed by atoms with van der Waals surface area (Å²) in [7, 11) is 0. The number of nitrogens with one attached hydrogen (secondary N) is 1. The van der Waals surface area contributed by atoms with E-state index in [1.807, 2.05) is 0 Å². The molecule has 84 valence electrons. The molecular formula is C10H20BrNO2. The first-order valence-corrected chi connectivity index (χ1v) is 5.83. The van der Waals surface area contributed by atoms with Gasteiger partial charge in [-0.2, -0.15) is 0 Å². The summed E-state index contributed by atoms with van der Waals surface area (Å²) in [6.07, 6.45) is 1.70. The highest BCUT2D eigenvalue weighted by molar-refractivity contribution is 9.10. The Morgan fingerprint density at radius 2 is 2.14 bits per heavy atom. The normalized spacial score (nSPS) is 13.8. The lowest BCUT2D eigenvalue weighted by molar-refractivity contribution is -0.120. The van der Waals surface area contributed by atoms with Gasteiger partial charge < -0.3 is 10.4 Å². The minimum atomic E-state index is -0.142. The first-order valence-electron chi connectivity index (χ1n) is 4.92. The first kappa shape index (κ1) is 13.9. The average molecular weight is 266 g/mol. The van der Waals surface area contributed by atoms with Crippen LogP contribution in [0.5, 0.6) is 0 Å². The molecule has 0 aliphatic rings. The standard InChI is InChI=1S/C10H20BrNO2/c1-8(11)9(14)12-7-10(2,3)5-4-6-13/h8,13H,4-7H2,1-3H3,(H,12,14). The van der Waals surface area contributed by atoms with E-state index in [1.165, 1.54) is 0 Å². The molecule has 1 unspecified atom stereocenters. The van der Waals surface area contributed by atoms with Crippen molar-refractivity contribution < 1.29 is 9.90 Å². The molecule has 0 aromatic carbocycles. The van der Waals surface area contributed by atoms with Gasteiger partial charge in [-0.15, -0.1) is 0 Å². The topological polar surface area (TPSA) is 49.3 Å². The minimum absolute atomic E-state index is 0.0158. The predicted octanol–water partition coefficient (Wildman–Crippen LogP) is 1.68. The van der Waals surface area contributed by atoms with Gasteiger partial charge in [-0.1, -0.05) is 29.8 Å². The minimum Gasteiger partial charge on any atom is -0.396 e. The largest absolute Gasteiger partial charge is 0.396 e. The van der Waals surface area contributed by atoms with Gasteiger partial charge in [0.05, 0.1) is 4.83 Å². The summed E-state index contributed by atoms with van der Waals surface area (Å²) in [5, 5.41) is 11.6. The summed E-state index contributed by atoms with van der Waals surface area (Å²) < 4.78 is 0. The summed E-state index contributed by atoms with van der Waals surface area (Å²) in [5.74, 6) is 0.0158. The zero-order chi connectivity index (χ0) is 11.2. The number of hydrogen-bond donors (Lipinski definition) is 2. The monoisotopic (exact) mass is 265 g/mol. The molecule has 0 radical (unpaired) electrons. The second kappa shape index (κ2) is 6.40. The summed E-state index contributed by atoms with van der Waals surface area (Å²) >= 11 is 3.21. The average Bonchev–Trinajstić information content (AvgIpc) is 2.11. The number of halogens is 1. The Morgan fingerprint density at radius 1 is 1.57 bits per heavy atom. The maximum Gasteiger partial charge on any atom is 0.233 e. The predicted molar refractivity (Wildman–Crippen MR) is 61.5 cm³/mol. The summed E-state index contributed by atoms with van der Waals surface area (Å²) in [4.78, 5) is 11.1. The van der Waals surface area contributed by atoms with E-state index in [0.29, 0.717) is 6.54 Å². The van der Waals surface area contributed by atoms with Crippen LogP contribution in [0.25, 0.3) is 0 Å². The van der Waals surface area contributed by atoms with Gasteiger partial charge in [0.2, 0.25) is 5.91 Å². The number of carbonyl (C=O) groups is 1. The molecule has 1 atom stereocenters. The van der Waals surface area contributed by atoms with Gasteiger partial charge in [-0.3, -0.25) is 4.79 Å². The molecule has 0 spiro atoms. The quantitative estimate of drug-likeness (QED) is 0.719. The number of amides is 1. The lowest BCUT2D eigenvalue weighted by Gasteiger charge is -2.24. The highest BCUT2D eigenvalue weighted by atomic mass is 79.9. The van der Waals surface area contributed by atoms with Crippen molar-refractivity contribution in [3.05, 3.63) is 0 Å². The maximum atomic E-state index is 11.3. The molecule has 0 saturated heterocycles. The molecule has 2 N–H and O–H groups in total. The van der Waals surface area contributed by atoms with E-state index in [2.05, 4.69) is 35.1 Å². The van der Waals surface area contributed by atoms with Crippen LogP contribution in [0.3, 0.4) is 0 Å². The number of hydrogen-bond acceptors (Lipinski definition) is 2. The highest BCUT2D eigenvalue weighted by Gasteiger charge is 2.19. The third kappa shape index (κ3) is 6.38. The van der Waals surface area contributed by atoms with Crippen molar-refractivity contribution in [1.82, 2.24) is 5.32 Å². The SMILES string of the molecule is CC(Br)C(=O)NCC(C)(C)CCCO. The number of aliphatic hydroxyl groups is 1. The van der Waals surface area contributed by atoms with Crippen LogP contribution in [0.4, 0.5) is 0 Å². The molecule has 3 nitrogen and oxygen atoms in total.